The van der Waals surface area contributed by atoms with Crippen LogP contribution in [0.15, 0.2) is 6.07 Å². The maximum atomic E-state index is 11.9. The molecular formula is C14H19NO4S. The topological polar surface area (TPSA) is 86.6 Å². The molecule has 2 rings (SSSR count). The van der Waals surface area contributed by atoms with Crippen molar-refractivity contribution in [3.63, 3.8) is 0 Å². The fraction of sp³-hybridized carbons (Fsp3) is 0.571. The summed E-state index contributed by atoms with van der Waals surface area (Å²) < 4.78 is 0. The molecule has 0 aliphatic heterocycles. The Hall–Kier alpha value is -1.40. The third kappa shape index (κ3) is 3.37. The zero-order valence-corrected chi connectivity index (χ0v) is 12.2. The van der Waals surface area contributed by atoms with Crippen LogP contribution in [-0.2, 0) is 17.6 Å². The van der Waals surface area contributed by atoms with E-state index in [-0.39, 0.29) is 12.5 Å². The number of aliphatic hydroxyl groups is 1. The van der Waals surface area contributed by atoms with Gasteiger partial charge in [0.05, 0.1) is 11.4 Å². The predicted octanol–water partition coefficient (Wildman–Crippen LogP) is 1.44. The number of amides is 1. The van der Waals surface area contributed by atoms with E-state index >= 15 is 0 Å². The molecule has 1 aliphatic rings. The number of fused-ring (bicyclic) bond motifs is 1. The van der Waals surface area contributed by atoms with Crippen molar-refractivity contribution in [2.24, 2.45) is 5.92 Å². The molecule has 2 unspecified atom stereocenters. The van der Waals surface area contributed by atoms with Crippen molar-refractivity contribution >= 4 is 23.2 Å². The van der Waals surface area contributed by atoms with Crippen molar-refractivity contribution in [1.82, 2.24) is 5.32 Å². The zero-order valence-electron chi connectivity index (χ0n) is 11.4. The van der Waals surface area contributed by atoms with E-state index in [0.29, 0.717) is 10.8 Å². The minimum Gasteiger partial charge on any atom is -0.479 e. The standard InChI is InChI=1S/C14H19NO4S/c1-2-8-3-4-11-9(5-8)6-12(20-11)13(17)15-7-10(16)14(18)19/h6,8,10,16H,2-5,7H2,1H3,(H,15,17)(H,18,19). The molecule has 110 valence electrons. The van der Waals surface area contributed by atoms with Crippen LogP contribution in [-0.4, -0.2) is 34.7 Å². The molecule has 2 atom stereocenters. The second kappa shape index (κ2) is 6.37. The average molecular weight is 297 g/mol. The van der Waals surface area contributed by atoms with Crippen LogP contribution >= 0.6 is 11.3 Å². The number of carboxylic acids is 1. The Morgan fingerprint density at radius 1 is 1.55 bits per heavy atom. The molecule has 1 aromatic heterocycles. The van der Waals surface area contributed by atoms with Gasteiger partial charge in [0.15, 0.2) is 6.10 Å². The molecule has 1 amide bonds. The fourth-order valence-corrected chi connectivity index (χ4v) is 3.55. The van der Waals surface area contributed by atoms with Crippen LogP contribution in [0.3, 0.4) is 0 Å². The van der Waals surface area contributed by atoms with Crippen molar-refractivity contribution in [1.29, 1.82) is 0 Å². The number of carbonyl (C=O) groups is 2. The van der Waals surface area contributed by atoms with Crippen LogP contribution in [0, 0.1) is 5.92 Å². The number of aryl methyl sites for hydroxylation is 1. The second-order valence-corrected chi connectivity index (χ2v) is 6.28. The molecule has 0 spiro atoms. The normalized spacial score (nSPS) is 19.2. The Balaban J connectivity index is 1.98. The van der Waals surface area contributed by atoms with Gasteiger partial charge in [-0.25, -0.2) is 4.79 Å². The van der Waals surface area contributed by atoms with Crippen molar-refractivity contribution in [2.75, 3.05) is 6.54 Å². The van der Waals surface area contributed by atoms with Crippen LogP contribution in [0.25, 0.3) is 0 Å². The number of hydrogen-bond acceptors (Lipinski definition) is 4. The maximum absolute atomic E-state index is 11.9. The first kappa shape index (κ1) is 15.0. The average Bonchev–Trinajstić information content (AvgIpc) is 2.86. The molecule has 0 saturated carbocycles. The summed E-state index contributed by atoms with van der Waals surface area (Å²) in [5.41, 5.74) is 1.25. The second-order valence-electron chi connectivity index (χ2n) is 5.14. The molecule has 0 aromatic carbocycles. The Labute approximate surface area is 121 Å². The molecule has 5 nitrogen and oxygen atoms in total. The molecular weight excluding hydrogens is 278 g/mol. The lowest BCUT2D eigenvalue weighted by Gasteiger charge is -2.19. The van der Waals surface area contributed by atoms with Gasteiger partial charge in [0.1, 0.15) is 0 Å². The summed E-state index contributed by atoms with van der Waals surface area (Å²) in [7, 11) is 0. The van der Waals surface area contributed by atoms with Crippen molar-refractivity contribution in [3.05, 3.63) is 21.4 Å². The molecule has 1 aromatic rings. The van der Waals surface area contributed by atoms with E-state index in [1.54, 1.807) is 0 Å². The fourth-order valence-electron chi connectivity index (χ4n) is 2.42. The Morgan fingerprint density at radius 3 is 2.95 bits per heavy atom. The SMILES string of the molecule is CCC1CCc2sc(C(=O)NCC(O)C(=O)O)cc2C1. The Kier molecular flexibility index (Phi) is 4.77. The van der Waals surface area contributed by atoms with Crippen molar-refractivity contribution < 1.29 is 19.8 Å². The molecule has 0 radical (unpaired) electrons. The molecule has 0 bridgehead atoms. The molecule has 1 heterocycles. The van der Waals surface area contributed by atoms with E-state index < -0.39 is 12.1 Å². The first-order chi connectivity index (χ1) is 9.51. The summed E-state index contributed by atoms with van der Waals surface area (Å²) in [6.07, 6.45) is 2.81. The van der Waals surface area contributed by atoms with Gasteiger partial charge in [-0.2, -0.15) is 0 Å². The van der Waals surface area contributed by atoms with Gasteiger partial charge >= 0.3 is 5.97 Å². The number of nitrogens with one attached hydrogen (secondary N) is 1. The highest BCUT2D eigenvalue weighted by molar-refractivity contribution is 7.14. The summed E-state index contributed by atoms with van der Waals surface area (Å²) in [5, 5.41) is 20.2. The number of aliphatic hydroxyl groups excluding tert-OH is 1. The first-order valence-corrected chi connectivity index (χ1v) is 7.63. The zero-order chi connectivity index (χ0) is 14.7. The summed E-state index contributed by atoms with van der Waals surface area (Å²) in [6.45, 7) is 1.91. The highest BCUT2D eigenvalue weighted by Crippen LogP contribution is 2.33. The monoisotopic (exact) mass is 297 g/mol. The third-order valence-electron chi connectivity index (χ3n) is 3.73. The van der Waals surface area contributed by atoms with Gasteiger partial charge in [0.2, 0.25) is 0 Å². The molecule has 3 N–H and O–H groups in total. The predicted molar refractivity (Wildman–Crippen MR) is 76.1 cm³/mol. The lowest BCUT2D eigenvalue weighted by Crippen LogP contribution is -2.36. The highest BCUT2D eigenvalue weighted by Gasteiger charge is 2.22. The van der Waals surface area contributed by atoms with Gasteiger partial charge in [0, 0.05) is 4.88 Å². The van der Waals surface area contributed by atoms with Crippen molar-refractivity contribution in [2.45, 2.75) is 38.7 Å². The highest BCUT2D eigenvalue weighted by atomic mass is 32.1. The maximum Gasteiger partial charge on any atom is 0.334 e. The van der Waals surface area contributed by atoms with Gasteiger partial charge in [-0.1, -0.05) is 13.3 Å². The number of carboxylic acid groups (broad SMARTS) is 1. The first-order valence-electron chi connectivity index (χ1n) is 6.82. The smallest absolute Gasteiger partial charge is 0.334 e. The minimum atomic E-state index is -1.56. The quantitative estimate of drug-likeness (QED) is 0.767. The van der Waals surface area contributed by atoms with E-state index in [9.17, 15) is 9.59 Å². The van der Waals surface area contributed by atoms with Crippen LogP contribution in [0.4, 0.5) is 0 Å². The van der Waals surface area contributed by atoms with Crippen LogP contribution in [0.2, 0.25) is 0 Å². The minimum absolute atomic E-state index is 0.270. The van der Waals surface area contributed by atoms with E-state index in [1.165, 1.54) is 28.2 Å². The number of hydrogen-bond donors (Lipinski definition) is 3. The molecule has 6 heteroatoms. The van der Waals surface area contributed by atoms with Crippen LogP contribution < -0.4 is 5.32 Å². The number of rotatable bonds is 5. The summed E-state index contributed by atoms with van der Waals surface area (Å²) in [5.74, 6) is -0.943. The van der Waals surface area contributed by atoms with Gasteiger partial charge in [-0.15, -0.1) is 11.3 Å². The third-order valence-corrected chi connectivity index (χ3v) is 4.96. The van der Waals surface area contributed by atoms with Gasteiger partial charge in [-0.05, 0) is 36.8 Å². The van der Waals surface area contributed by atoms with Crippen molar-refractivity contribution in [3.8, 4) is 0 Å². The lowest BCUT2D eigenvalue weighted by atomic mass is 9.87. The van der Waals surface area contributed by atoms with E-state index in [2.05, 4.69) is 12.2 Å². The number of aliphatic carboxylic acids is 1. The molecule has 1 aliphatic carbocycles. The van der Waals surface area contributed by atoms with E-state index in [4.69, 9.17) is 10.2 Å². The van der Waals surface area contributed by atoms with Gasteiger partial charge in [0.25, 0.3) is 5.91 Å². The van der Waals surface area contributed by atoms with Crippen LogP contribution in [0.5, 0.6) is 0 Å². The molecule has 0 fully saturated rings. The van der Waals surface area contributed by atoms with Crippen LogP contribution in [0.1, 0.15) is 39.9 Å². The molecule has 20 heavy (non-hydrogen) atoms. The summed E-state index contributed by atoms with van der Waals surface area (Å²) in [6, 6.07) is 1.91. The molecule has 0 saturated heterocycles. The summed E-state index contributed by atoms with van der Waals surface area (Å²) >= 11 is 1.47. The number of thiophene rings is 1. The lowest BCUT2D eigenvalue weighted by molar-refractivity contribution is -0.146. The van der Waals surface area contributed by atoms with Gasteiger partial charge < -0.3 is 15.5 Å². The van der Waals surface area contributed by atoms with E-state index in [0.717, 1.165) is 19.3 Å². The van der Waals surface area contributed by atoms with Gasteiger partial charge in [-0.3, -0.25) is 4.79 Å². The number of carbonyl (C=O) groups excluding carboxylic acids is 1. The Morgan fingerprint density at radius 2 is 2.30 bits per heavy atom. The largest absolute Gasteiger partial charge is 0.479 e. The summed E-state index contributed by atoms with van der Waals surface area (Å²) in [4.78, 5) is 24.3. The van der Waals surface area contributed by atoms with E-state index in [1.807, 2.05) is 6.07 Å². The Bertz CT molecular complexity index is 511.